The van der Waals surface area contributed by atoms with Crippen molar-refractivity contribution in [1.29, 1.82) is 0 Å². The maximum atomic E-state index is 12.7. The highest BCUT2D eigenvalue weighted by atomic mass is 32.1. The smallest absolute Gasteiger partial charge is 0.396 e. The molecule has 0 amide bonds. The van der Waals surface area contributed by atoms with Crippen LogP contribution in [0.2, 0.25) is 0 Å². The van der Waals surface area contributed by atoms with Crippen LogP contribution in [0.15, 0.2) is 18.2 Å². The zero-order valence-electron chi connectivity index (χ0n) is 12.2. The fraction of sp³-hybridized carbons (Fsp3) is 0.500. The van der Waals surface area contributed by atoms with Crippen LogP contribution in [0.25, 0.3) is 10.2 Å². The predicted octanol–water partition coefficient (Wildman–Crippen LogP) is 2.74. The average Bonchev–Trinajstić information content (AvgIpc) is 2.89. The summed E-state index contributed by atoms with van der Waals surface area (Å²) in [5.41, 5.74) is -1.14. The number of thiazole rings is 1. The molecule has 2 aromatic rings. The number of nitrogens with zero attached hydrogens (tertiary/aromatic N) is 2. The lowest BCUT2D eigenvalue weighted by Gasteiger charge is -2.30. The molecule has 8 heteroatoms. The van der Waals surface area contributed by atoms with Crippen LogP contribution in [0.4, 0.5) is 18.3 Å². The molecule has 0 spiro atoms. The third kappa shape index (κ3) is 3.50. The number of alkyl halides is 3. The number of fused-ring (bicyclic) bond motifs is 1. The Morgan fingerprint density at radius 3 is 2.41 bits per heavy atom. The van der Waals surface area contributed by atoms with Crippen LogP contribution < -0.4 is 4.90 Å². The highest BCUT2D eigenvalue weighted by Crippen LogP contribution is 2.35. The van der Waals surface area contributed by atoms with E-state index >= 15 is 0 Å². The highest BCUT2D eigenvalue weighted by molar-refractivity contribution is 7.22. The SMILES string of the molecule is CN(CC(C)(CO)CO)c1nc2cc(C(F)(F)F)ccc2s1. The van der Waals surface area contributed by atoms with Gasteiger partial charge in [0.2, 0.25) is 0 Å². The van der Waals surface area contributed by atoms with E-state index in [0.717, 1.165) is 12.1 Å². The second kappa shape index (κ2) is 6.02. The fourth-order valence-corrected chi connectivity index (χ4v) is 2.95. The van der Waals surface area contributed by atoms with E-state index in [1.807, 2.05) is 0 Å². The van der Waals surface area contributed by atoms with Gasteiger partial charge in [-0.1, -0.05) is 18.3 Å². The van der Waals surface area contributed by atoms with Gasteiger partial charge in [-0.2, -0.15) is 13.2 Å². The first-order valence-corrected chi connectivity index (χ1v) is 7.41. The number of halogens is 3. The van der Waals surface area contributed by atoms with E-state index in [0.29, 0.717) is 16.4 Å². The Labute approximate surface area is 129 Å². The van der Waals surface area contributed by atoms with Crippen LogP contribution in [-0.2, 0) is 6.18 Å². The van der Waals surface area contributed by atoms with E-state index in [9.17, 15) is 23.4 Å². The minimum Gasteiger partial charge on any atom is -0.396 e. The molecule has 0 unspecified atom stereocenters. The molecule has 0 aliphatic rings. The molecule has 22 heavy (non-hydrogen) atoms. The summed E-state index contributed by atoms with van der Waals surface area (Å²) in [6.45, 7) is 1.67. The lowest BCUT2D eigenvalue weighted by Crippen LogP contribution is -2.39. The van der Waals surface area contributed by atoms with Gasteiger partial charge >= 0.3 is 6.18 Å². The van der Waals surface area contributed by atoms with Crippen LogP contribution >= 0.6 is 11.3 Å². The molecule has 1 aromatic heterocycles. The number of aromatic nitrogens is 1. The number of benzene rings is 1. The van der Waals surface area contributed by atoms with Crippen LogP contribution in [0, 0.1) is 5.41 Å². The molecular weight excluding hydrogens is 317 g/mol. The van der Waals surface area contributed by atoms with Gasteiger partial charge in [0.25, 0.3) is 0 Å². The summed E-state index contributed by atoms with van der Waals surface area (Å²) in [6.07, 6.45) is -4.39. The third-order valence-electron chi connectivity index (χ3n) is 3.41. The molecule has 0 aliphatic carbocycles. The molecule has 1 aromatic carbocycles. The number of hydrogen-bond donors (Lipinski definition) is 2. The van der Waals surface area contributed by atoms with Crippen molar-refractivity contribution < 1.29 is 23.4 Å². The molecule has 4 nitrogen and oxygen atoms in total. The van der Waals surface area contributed by atoms with Gasteiger partial charge < -0.3 is 15.1 Å². The van der Waals surface area contributed by atoms with Gasteiger partial charge in [0.05, 0.1) is 29.0 Å². The van der Waals surface area contributed by atoms with E-state index in [1.165, 1.54) is 17.4 Å². The highest BCUT2D eigenvalue weighted by Gasteiger charge is 2.31. The van der Waals surface area contributed by atoms with E-state index in [-0.39, 0.29) is 18.7 Å². The summed E-state index contributed by atoms with van der Waals surface area (Å²) in [5, 5.41) is 19.2. The molecule has 0 radical (unpaired) electrons. The predicted molar refractivity (Wildman–Crippen MR) is 80.2 cm³/mol. The fourth-order valence-electron chi connectivity index (χ4n) is 2.05. The Morgan fingerprint density at radius 1 is 1.23 bits per heavy atom. The first kappa shape index (κ1) is 17.0. The number of aliphatic hydroxyl groups is 2. The standard InChI is InChI=1S/C14H17F3N2O2S/c1-13(7-20,8-21)6-19(2)12-18-10-5-9(14(15,16)17)3-4-11(10)22-12/h3-5,20-21H,6-8H2,1-2H3. The summed E-state index contributed by atoms with van der Waals surface area (Å²) in [7, 11) is 1.73. The van der Waals surface area contributed by atoms with E-state index in [4.69, 9.17) is 0 Å². The summed E-state index contributed by atoms with van der Waals surface area (Å²) >= 11 is 1.27. The summed E-state index contributed by atoms with van der Waals surface area (Å²) < 4.78 is 38.8. The van der Waals surface area contributed by atoms with Gasteiger partial charge in [0, 0.05) is 19.0 Å². The van der Waals surface area contributed by atoms with Crippen LogP contribution in [-0.4, -0.2) is 42.0 Å². The van der Waals surface area contributed by atoms with E-state index < -0.39 is 17.2 Å². The Balaban J connectivity index is 2.29. The first-order chi connectivity index (χ1) is 10.2. The van der Waals surface area contributed by atoms with Crippen molar-refractivity contribution in [3.8, 4) is 0 Å². The molecule has 122 valence electrons. The van der Waals surface area contributed by atoms with Gasteiger partial charge in [0.1, 0.15) is 0 Å². The van der Waals surface area contributed by atoms with Crippen molar-refractivity contribution in [2.45, 2.75) is 13.1 Å². The molecular formula is C14H17F3N2O2S. The monoisotopic (exact) mass is 334 g/mol. The summed E-state index contributed by atoms with van der Waals surface area (Å²) in [5.74, 6) is 0. The third-order valence-corrected chi connectivity index (χ3v) is 4.56. The molecule has 0 saturated carbocycles. The minimum atomic E-state index is -4.39. The van der Waals surface area contributed by atoms with Gasteiger partial charge in [-0.15, -0.1) is 0 Å². The Morgan fingerprint density at radius 2 is 1.86 bits per heavy atom. The molecule has 0 fully saturated rings. The van der Waals surface area contributed by atoms with Crippen molar-refractivity contribution in [3.05, 3.63) is 23.8 Å². The second-order valence-corrected chi connectivity index (χ2v) is 6.67. The number of rotatable bonds is 5. The van der Waals surface area contributed by atoms with Crippen molar-refractivity contribution in [1.82, 2.24) is 4.98 Å². The maximum absolute atomic E-state index is 12.7. The second-order valence-electron chi connectivity index (χ2n) is 5.66. The normalized spacial score (nSPS) is 12.9. The quantitative estimate of drug-likeness (QED) is 0.883. The van der Waals surface area contributed by atoms with Gasteiger partial charge in [-0.25, -0.2) is 4.98 Å². The molecule has 0 saturated heterocycles. The minimum absolute atomic E-state index is 0.197. The number of anilines is 1. The van der Waals surface area contributed by atoms with Crippen LogP contribution in [0.1, 0.15) is 12.5 Å². The molecule has 0 aliphatic heterocycles. The number of aliphatic hydroxyl groups excluding tert-OH is 2. The topological polar surface area (TPSA) is 56.6 Å². The molecule has 2 N–H and O–H groups in total. The zero-order chi connectivity index (χ0) is 16.5. The molecule has 1 heterocycles. The first-order valence-electron chi connectivity index (χ1n) is 6.59. The molecule has 0 atom stereocenters. The maximum Gasteiger partial charge on any atom is 0.416 e. The van der Waals surface area contributed by atoms with Gasteiger partial charge in [-0.3, -0.25) is 0 Å². The Kier molecular flexibility index (Phi) is 4.65. The van der Waals surface area contributed by atoms with Crippen molar-refractivity contribution in [3.63, 3.8) is 0 Å². The van der Waals surface area contributed by atoms with E-state index in [2.05, 4.69) is 4.98 Å². The molecule has 0 bridgehead atoms. The van der Waals surface area contributed by atoms with Crippen LogP contribution in [0.5, 0.6) is 0 Å². The summed E-state index contributed by atoms with van der Waals surface area (Å²) in [6, 6.07) is 3.47. The Hall–Kier alpha value is -1.38. The largest absolute Gasteiger partial charge is 0.416 e. The summed E-state index contributed by atoms with van der Waals surface area (Å²) in [4.78, 5) is 5.95. The van der Waals surface area contributed by atoms with Gasteiger partial charge in [-0.05, 0) is 18.2 Å². The lowest BCUT2D eigenvalue weighted by molar-refractivity contribution is -0.137. The van der Waals surface area contributed by atoms with Crippen molar-refractivity contribution in [2.75, 3.05) is 31.7 Å². The lowest BCUT2D eigenvalue weighted by atomic mass is 9.93. The van der Waals surface area contributed by atoms with E-state index in [1.54, 1.807) is 18.9 Å². The molecule has 2 rings (SSSR count). The van der Waals surface area contributed by atoms with Crippen LogP contribution in [0.3, 0.4) is 0 Å². The van der Waals surface area contributed by atoms with Gasteiger partial charge in [0.15, 0.2) is 5.13 Å². The van der Waals surface area contributed by atoms with Crippen molar-refractivity contribution >= 4 is 26.7 Å². The van der Waals surface area contributed by atoms with Crippen molar-refractivity contribution in [2.24, 2.45) is 5.41 Å². The number of hydrogen-bond acceptors (Lipinski definition) is 5. The Bertz CT molecular complexity index is 653. The average molecular weight is 334 g/mol. The zero-order valence-corrected chi connectivity index (χ0v) is 13.0.